The Bertz CT molecular complexity index is 122. The molecule has 0 atom stereocenters. The van der Waals surface area contributed by atoms with Crippen LogP contribution in [0.1, 0.15) is 19.3 Å². The molecule has 0 amide bonds. The molecule has 54 valence electrons. The van der Waals surface area contributed by atoms with Gasteiger partial charge in [0.15, 0.2) is 0 Å². The van der Waals surface area contributed by atoms with Crippen LogP contribution in [0.2, 0.25) is 0 Å². The van der Waals surface area contributed by atoms with Crippen molar-refractivity contribution in [3.05, 3.63) is 0 Å². The fourth-order valence-electron chi connectivity index (χ4n) is 0.772. The van der Waals surface area contributed by atoms with Gasteiger partial charge in [0.1, 0.15) is 5.54 Å². The summed E-state index contributed by atoms with van der Waals surface area (Å²) in [7, 11) is 0. The van der Waals surface area contributed by atoms with Crippen LogP contribution >= 0.6 is 12.4 Å². The highest BCUT2D eigenvalue weighted by Gasteiger charge is 2.39. The van der Waals surface area contributed by atoms with E-state index in [2.05, 4.69) is 0 Å². The Morgan fingerprint density at radius 3 is 2.00 bits per heavy atom. The van der Waals surface area contributed by atoms with Gasteiger partial charge in [-0.25, -0.2) is 0 Å². The number of hydrogen-bond acceptors (Lipinski definition) is 2. The molecule has 3 nitrogen and oxygen atoms in total. The van der Waals surface area contributed by atoms with Crippen LogP contribution in [-0.4, -0.2) is 16.6 Å². The van der Waals surface area contributed by atoms with Crippen LogP contribution in [0.15, 0.2) is 0 Å². The van der Waals surface area contributed by atoms with Gasteiger partial charge in [0.25, 0.3) is 0 Å². The van der Waals surface area contributed by atoms with E-state index < -0.39 is 11.5 Å². The van der Waals surface area contributed by atoms with Crippen molar-refractivity contribution in [1.29, 1.82) is 0 Å². The van der Waals surface area contributed by atoms with Crippen LogP contribution in [-0.2, 0) is 4.79 Å². The van der Waals surface area contributed by atoms with Crippen molar-refractivity contribution in [1.82, 2.24) is 0 Å². The lowest BCUT2D eigenvalue weighted by atomic mass is 9.78. The third-order valence-electron chi connectivity index (χ3n) is 1.67. The minimum atomic E-state index is -0.861. The number of halogens is 1. The lowest BCUT2D eigenvalue weighted by Crippen LogP contribution is -2.53. The minimum absolute atomic E-state index is 0. The van der Waals surface area contributed by atoms with Crippen molar-refractivity contribution < 1.29 is 9.90 Å². The Labute approximate surface area is 59.6 Å². The van der Waals surface area contributed by atoms with E-state index in [9.17, 15) is 4.79 Å². The monoisotopic (exact) mass is 151 g/mol. The highest BCUT2D eigenvalue weighted by Crippen LogP contribution is 2.28. The molecule has 0 aliphatic heterocycles. The second-order valence-corrected chi connectivity index (χ2v) is 2.31. The molecule has 1 aliphatic carbocycles. The second-order valence-electron chi connectivity index (χ2n) is 2.31. The standard InChI is InChI=1S/C5H9NO2.ClH/c6-5(4(7)8)2-1-3-5;/h1-3,6H2,(H,7,8);1H. The van der Waals surface area contributed by atoms with Crippen LogP contribution < -0.4 is 5.73 Å². The highest BCUT2D eigenvalue weighted by atomic mass is 35.5. The first-order valence-corrected chi connectivity index (χ1v) is 2.67. The van der Waals surface area contributed by atoms with Crippen LogP contribution in [0.25, 0.3) is 0 Å². The number of hydrogen-bond donors (Lipinski definition) is 2. The normalized spacial score (nSPS) is 21.4. The van der Waals surface area contributed by atoms with E-state index in [4.69, 9.17) is 10.8 Å². The fourth-order valence-corrected chi connectivity index (χ4v) is 0.772. The Morgan fingerprint density at radius 1 is 1.56 bits per heavy atom. The van der Waals surface area contributed by atoms with E-state index in [1.807, 2.05) is 0 Å². The average Bonchev–Trinajstić information content (AvgIpc) is 1.60. The fraction of sp³-hybridized carbons (Fsp3) is 0.800. The molecule has 1 aliphatic rings. The molecule has 0 bridgehead atoms. The SMILES string of the molecule is Cl.NC1(C(=O)O)CCC1. The molecule has 1 saturated carbocycles. The number of carboxylic acids is 1. The molecule has 1 rings (SSSR count). The van der Waals surface area contributed by atoms with Gasteiger partial charge < -0.3 is 10.8 Å². The summed E-state index contributed by atoms with van der Waals surface area (Å²) in [5.41, 5.74) is 4.48. The summed E-state index contributed by atoms with van der Waals surface area (Å²) in [6, 6.07) is 0. The molecule has 0 radical (unpaired) electrons. The molecule has 0 aromatic heterocycles. The van der Waals surface area contributed by atoms with Gasteiger partial charge in [-0.05, 0) is 19.3 Å². The zero-order valence-corrected chi connectivity index (χ0v) is 5.78. The zero-order chi connectivity index (χ0) is 6.20. The van der Waals surface area contributed by atoms with E-state index in [1.54, 1.807) is 0 Å². The van der Waals surface area contributed by atoms with Crippen molar-refractivity contribution in [3.63, 3.8) is 0 Å². The summed E-state index contributed by atoms with van der Waals surface area (Å²) in [5, 5.41) is 8.37. The third-order valence-corrected chi connectivity index (χ3v) is 1.67. The molecule has 0 aromatic carbocycles. The summed E-state index contributed by atoms with van der Waals surface area (Å²) in [5.74, 6) is -0.858. The van der Waals surface area contributed by atoms with E-state index in [0.717, 1.165) is 6.42 Å². The van der Waals surface area contributed by atoms with Crippen molar-refractivity contribution in [2.24, 2.45) is 5.73 Å². The summed E-state index contributed by atoms with van der Waals surface area (Å²) < 4.78 is 0. The van der Waals surface area contributed by atoms with Gasteiger partial charge in [-0.15, -0.1) is 12.4 Å². The first kappa shape index (κ1) is 8.72. The van der Waals surface area contributed by atoms with E-state index in [1.165, 1.54) is 0 Å². The smallest absolute Gasteiger partial charge is 0.323 e. The van der Waals surface area contributed by atoms with E-state index in [-0.39, 0.29) is 12.4 Å². The average molecular weight is 152 g/mol. The van der Waals surface area contributed by atoms with E-state index in [0.29, 0.717) is 12.8 Å². The van der Waals surface area contributed by atoms with Gasteiger partial charge in [-0.1, -0.05) is 0 Å². The maximum atomic E-state index is 10.2. The molecule has 0 aromatic rings. The predicted molar refractivity (Wildman–Crippen MR) is 35.7 cm³/mol. The molecule has 3 N–H and O–H groups in total. The Hall–Kier alpha value is -0.280. The zero-order valence-electron chi connectivity index (χ0n) is 4.96. The summed E-state index contributed by atoms with van der Waals surface area (Å²) in [4.78, 5) is 10.2. The lowest BCUT2D eigenvalue weighted by molar-refractivity contribution is -0.146. The van der Waals surface area contributed by atoms with Gasteiger partial charge in [0, 0.05) is 0 Å². The van der Waals surface area contributed by atoms with E-state index >= 15 is 0 Å². The van der Waals surface area contributed by atoms with Gasteiger partial charge in [-0.2, -0.15) is 0 Å². The molecular formula is C5H10ClNO2. The Kier molecular flexibility index (Phi) is 2.46. The first-order chi connectivity index (χ1) is 3.65. The van der Waals surface area contributed by atoms with Gasteiger partial charge in [0.2, 0.25) is 0 Å². The molecule has 0 unspecified atom stereocenters. The Morgan fingerprint density at radius 2 is 2.00 bits per heavy atom. The molecule has 4 heteroatoms. The summed E-state index contributed by atoms with van der Waals surface area (Å²) >= 11 is 0. The summed E-state index contributed by atoms with van der Waals surface area (Å²) in [6.07, 6.45) is 2.24. The van der Waals surface area contributed by atoms with Crippen molar-refractivity contribution in [2.75, 3.05) is 0 Å². The topological polar surface area (TPSA) is 63.3 Å². The molecule has 1 fully saturated rings. The van der Waals surface area contributed by atoms with Crippen LogP contribution in [0, 0.1) is 0 Å². The molecule has 0 spiro atoms. The number of aliphatic carboxylic acids is 1. The second kappa shape index (κ2) is 2.54. The first-order valence-electron chi connectivity index (χ1n) is 2.67. The lowest BCUT2D eigenvalue weighted by Gasteiger charge is -2.32. The number of nitrogens with two attached hydrogens (primary N) is 1. The number of carbonyl (C=O) groups is 1. The number of rotatable bonds is 1. The van der Waals surface area contributed by atoms with Crippen molar-refractivity contribution in [2.45, 2.75) is 24.8 Å². The summed E-state index contributed by atoms with van der Waals surface area (Å²) in [6.45, 7) is 0. The number of carboxylic acid groups (broad SMARTS) is 1. The minimum Gasteiger partial charge on any atom is -0.480 e. The third kappa shape index (κ3) is 1.34. The Balaban J connectivity index is 0.000000640. The predicted octanol–water partition coefficient (Wildman–Crippen LogP) is 0.374. The van der Waals surface area contributed by atoms with Gasteiger partial charge >= 0.3 is 5.97 Å². The maximum absolute atomic E-state index is 10.2. The van der Waals surface area contributed by atoms with Crippen LogP contribution in [0.5, 0.6) is 0 Å². The van der Waals surface area contributed by atoms with Crippen molar-refractivity contribution >= 4 is 18.4 Å². The van der Waals surface area contributed by atoms with Gasteiger partial charge in [0.05, 0.1) is 0 Å². The molecule has 0 heterocycles. The molecular weight excluding hydrogens is 142 g/mol. The highest BCUT2D eigenvalue weighted by molar-refractivity contribution is 5.85. The molecule has 0 saturated heterocycles. The van der Waals surface area contributed by atoms with Crippen LogP contribution in [0.4, 0.5) is 0 Å². The molecule has 9 heavy (non-hydrogen) atoms. The van der Waals surface area contributed by atoms with Crippen LogP contribution in [0.3, 0.4) is 0 Å². The van der Waals surface area contributed by atoms with Crippen molar-refractivity contribution in [3.8, 4) is 0 Å². The largest absolute Gasteiger partial charge is 0.480 e. The van der Waals surface area contributed by atoms with Gasteiger partial charge in [-0.3, -0.25) is 4.79 Å². The quantitative estimate of drug-likeness (QED) is 0.570. The maximum Gasteiger partial charge on any atom is 0.323 e.